The second kappa shape index (κ2) is 10.7. The fraction of sp³-hybridized carbons (Fsp3) is 0.407. The number of nitrogens with one attached hydrogen (secondary N) is 2. The number of thiazole rings is 1. The molecular formula is C27H33N7O3S. The third kappa shape index (κ3) is 5.79. The van der Waals surface area contributed by atoms with Gasteiger partial charge in [0.2, 0.25) is 5.91 Å². The molecule has 1 aliphatic rings. The lowest BCUT2D eigenvalue weighted by molar-refractivity contribution is -0.115. The number of hydrogen-bond donors (Lipinski definition) is 2. The van der Waals surface area contributed by atoms with E-state index in [4.69, 9.17) is 4.74 Å². The summed E-state index contributed by atoms with van der Waals surface area (Å²) in [7, 11) is 2.01. The molecule has 10 nitrogen and oxygen atoms in total. The number of rotatable bonds is 7. The van der Waals surface area contributed by atoms with Crippen molar-refractivity contribution >= 4 is 39.3 Å². The van der Waals surface area contributed by atoms with Gasteiger partial charge in [-0.1, -0.05) is 0 Å². The number of carbonyl (C=O) groups excluding carboxylic acids is 2. The van der Waals surface area contributed by atoms with Gasteiger partial charge in [0, 0.05) is 73.3 Å². The maximum Gasteiger partial charge on any atom is 0.253 e. The van der Waals surface area contributed by atoms with Gasteiger partial charge in [0.05, 0.1) is 31.0 Å². The molecule has 4 aromatic rings. The van der Waals surface area contributed by atoms with Crippen LogP contribution < -0.4 is 10.6 Å². The zero-order valence-electron chi connectivity index (χ0n) is 22.2. The smallest absolute Gasteiger partial charge is 0.253 e. The average molecular weight is 536 g/mol. The maximum atomic E-state index is 12.5. The Balaban J connectivity index is 1.22. The van der Waals surface area contributed by atoms with Crippen molar-refractivity contribution in [3.8, 4) is 11.3 Å². The number of anilines is 1. The van der Waals surface area contributed by atoms with Crippen molar-refractivity contribution in [3.63, 3.8) is 0 Å². The van der Waals surface area contributed by atoms with Crippen molar-refractivity contribution in [2.45, 2.75) is 32.9 Å². The molecule has 200 valence electrons. The predicted molar refractivity (Wildman–Crippen MR) is 148 cm³/mol. The van der Waals surface area contributed by atoms with E-state index in [-0.39, 0.29) is 23.9 Å². The van der Waals surface area contributed by atoms with Gasteiger partial charge in [-0.2, -0.15) is 0 Å². The van der Waals surface area contributed by atoms with Gasteiger partial charge in [0.1, 0.15) is 5.65 Å². The van der Waals surface area contributed by atoms with Gasteiger partial charge in [0.25, 0.3) is 5.91 Å². The van der Waals surface area contributed by atoms with Gasteiger partial charge >= 0.3 is 0 Å². The first-order valence-corrected chi connectivity index (χ1v) is 13.5. The van der Waals surface area contributed by atoms with Crippen LogP contribution in [0.15, 0.2) is 42.3 Å². The fourth-order valence-electron chi connectivity index (χ4n) is 4.44. The second-order valence-corrected chi connectivity index (χ2v) is 11.4. The van der Waals surface area contributed by atoms with E-state index in [2.05, 4.69) is 58.5 Å². The minimum atomic E-state index is -0.334. The van der Waals surface area contributed by atoms with Crippen LogP contribution in [-0.2, 0) is 28.7 Å². The Bertz CT molecular complexity index is 1460. The molecule has 1 fully saturated rings. The molecule has 0 unspecified atom stereocenters. The Morgan fingerprint density at radius 2 is 1.97 bits per heavy atom. The van der Waals surface area contributed by atoms with E-state index >= 15 is 0 Å². The largest absolute Gasteiger partial charge is 0.379 e. The van der Waals surface area contributed by atoms with E-state index < -0.39 is 0 Å². The van der Waals surface area contributed by atoms with Gasteiger partial charge in [-0.05, 0) is 38.5 Å². The molecule has 0 radical (unpaired) electrons. The molecule has 1 aliphatic heterocycles. The Morgan fingerprint density at radius 3 is 2.71 bits per heavy atom. The van der Waals surface area contributed by atoms with Crippen LogP contribution in [0.3, 0.4) is 0 Å². The van der Waals surface area contributed by atoms with Gasteiger partial charge < -0.3 is 24.5 Å². The van der Waals surface area contributed by atoms with Gasteiger partial charge in [-0.25, -0.2) is 9.97 Å². The van der Waals surface area contributed by atoms with Crippen LogP contribution in [0.1, 0.15) is 36.7 Å². The van der Waals surface area contributed by atoms with E-state index in [1.807, 2.05) is 34.0 Å². The van der Waals surface area contributed by atoms with Crippen LogP contribution in [0.2, 0.25) is 0 Å². The minimum absolute atomic E-state index is 0.122. The standard InChI is InChI=1S/C27H33N7O3S/c1-27(2,3)34-6-5-18(16-34)25(36)29-13-23(35)31-26-30-22(17-38-26)19-11-21-20(14-32(4)24(21)28-12-19)15-33-7-9-37-10-8-33/h5-6,11-12,14,16-17H,7-10,13,15H2,1-4H3,(H,29,36)(H,30,31,35). The maximum absolute atomic E-state index is 12.5. The number of nitrogens with zero attached hydrogens (tertiary/aromatic N) is 5. The van der Waals surface area contributed by atoms with Crippen LogP contribution in [-0.4, -0.2) is 68.7 Å². The predicted octanol–water partition coefficient (Wildman–Crippen LogP) is 3.45. The van der Waals surface area contributed by atoms with Crippen LogP contribution in [0, 0.1) is 0 Å². The van der Waals surface area contributed by atoms with Crippen molar-refractivity contribution in [1.29, 1.82) is 0 Å². The fourth-order valence-corrected chi connectivity index (χ4v) is 5.18. The Kier molecular flexibility index (Phi) is 7.33. The summed E-state index contributed by atoms with van der Waals surface area (Å²) in [6.45, 7) is 10.2. The molecule has 0 saturated carbocycles. The summed E-state index contributed by atoms with van der Waals surface area (Å²) in [5, 5.41) is 8.92. The first kappa shape index (κ1) is 26.1. The number of aryl methyl sites for hydroxylation is 1. The summed E-state index contributed by atoms with van der Waals surface area (Å²) in [6, 6.07) is 3.86. The highest BCUT2D eigenvalue weighted by atomic mass is 32.1. The quantitative estimate of drug-likeness (QED) is 0.376. The monoisotopic (exact) mass is 535 g/mol. The third-order valence-electron chi connectivity index (χ3n) is 6.58. The van der Waals surface area contributed by atoms with Crippen LogP contribution in [0.5, 0.6) is 0 Å². The molecular weight excluding hydrogens is 502 g/mol. The van der Waals surface area contributed by atoms with Crippen LogP contribution >= 0.6 is 11.3 Å². The SMILES string of the molecule is Cn1cc(CN2CCOCC2)c2cc(-c3csc(NC(=O)CNC(=O)c4ccn(C(C)(C)C)c4)n3)cnc21. The molecule has 2 amide bonds. The van der Waals surface area contributed by atoms with Crippen LogP contribution in [0.4, 0.5) is 5.13 Å². The molecule has 0 aliphatic carbocycles. The van der Waals surface area contributed by atoms with E-state index in [0.717, 1.165) is 55.1 Å². The topological polar surface area (TPSA) is 106 Å². The second-order valence-electron chi connectivity index (χ2n) is 10.5. The van der Waals surface area contributed by atoms with Gasteiger partial charge in [-0.15, -0.1) is 11.3 Å². The number of amides is 2. The highest BCUT2D eigenvalue weighted by Crippen LogP contribution is 2.29. The van der Waals surface area contributed by atoms with E-state index in [1.165, 1.54) is 16.9 Å². The Hall–Kier alpha value is -3.54. The molecule has 38 heavy (non-hydrogen) atoms. The number of hydrogen-bond acceptors (Lipinski definition) is 7. The lowest BCUT2D eigenvalue weighted by atomic mass is 10.1. The highest BCUT2D eigenvalue weighted by molar-refractivity contribution is 7.14. The molecule has 0 aromatic carbocycles. The van der Waals surface area contributed by atoms with Crippen molar-refractivity contribution in [2.75, 3.05) is 38.2 Å². The third-order valence-corrected chi connectivity index (χ3v) is 7.34. The number of fused-ring (bicyclic) bond motifs is 1. The van der Waals surface area contributed by atoms with Crippen molar-refractivity contribution < 1.29 is 14.3 Å². The van der Waals surface area contributed by atoms with Crippen molar-refractivity contribution in [1.82, 2.24) is 29.3 Å². The van der Waals surface area contributed by atoms with Gasteiger partial charge in [0.15, 0.2) is 5.13 Å². The molecule has 2 N–H and O–H groups in total. The molecule has 5 rings (SSSR count). The molecule has 5 heterocycles. The number of morpholine rings is 1. The Morgan fingerprint density at radius 1 is 1.18 bits per heavy atom. The minimum Gasteiger partial charge on any atom is -0.379 e. The molecule has 0 bridgehead atoms. The molecule has 4 aromatic heterocycles. The van der Waals surface area contributed by atoms with E-state index in [9.17, 15) is 9.59 Å². The molecule has 1 saturated heterocycles. The summed E-state index contributed by atoms with van der Waals surface area (Å²) in [5.41, 5.74) is 4.17. The molecule has 11 heteroatoms. The number of aromatic nitrogens is 4. The zero-order valence-corrected chi connectivity index (χ0v) is 23.0. The highest BCUT2D eigenvalue weighted by Gasteiger charge is 2.18. The summed E-state index contributed by atoms with van der Waals surface area (Å²) >= 11 is 1.34. The summed E-state index contributed by atoms with van der Waals surface area (Å²) in [4.78, 5) is 36.6. The molecule has 0 spiro atoms. The summed E-state index contributed by atoms with van der Waals surface area (Å²) in [6.07, 6.45) is 7.59. The normalized spacial score (nSPS) is 14.6. The lowest BCUT2D eigenvalue weighted by Crippen LogP contribution is -2.35. The first-order valence-electron chi connectivity index (χ1n) is 12.6. The van der Waals surface area contributed by atoms with Crippen molar-refractivity contribution in [3.05, 3.63) is 53.4 Å². The number of pyridine rings is 1. The molecule has 0 atom stereocenters. The average Bonchev–Trinajstić information content (AvgIpc) is 3.63. The summed E-state index contributed by atoms with van der Waals surface area (Å²) in [5.74, 6) is -0.628. The van der Waals surface area contributed by atoms with E-state index in [1.54, 1.807) is 12.3 Å². The van der Waals surface area contributed by atoms with Crippen LogP contribution in [0.25, 0.3) is 22.3 Å². The Labute approximate surface area is 225 Å². The van der Waals surface area contributed by atoms with Crippen molar-refractivity contribution in [2.24, 2.45) is 7.05 Å². The summed E-state index contributed by atoms with van der Waals surface area (Å²) < 4.78 is 9.49. The number of ether oxygens (including phenoxy) is 1. The van der Waals surface area contributed by atoms with Gasteiger partial charge in [-0.3, -0.25) is 14.5 Å². The van der Waals surface area contributed by atoms with E-state index in [0.29, 0.717) is 10.7 Å². The zero-order chi connectivity index (χ0) is 26.9. The number of carbonyl (C=O) groups is 2. The lowest BCUT2D eigenvalue weighted by Gasteiger charge is -2.26. The first-order chi connectivity index (χ1) is 18.2.